The molecule has 2 N–H and O–H groups in total. The standard InChI is InChI=1S/C21H24N2O4/c1-15(24)23-18-8-4-16(5-9-18)13-22-21(25)17-6-10-19(11-7-17)27-14-20-3-2-12-26-20/h4-11,20H,2-3,12-14H2,1H3,(H,22,25)(H,23,24)/t20-/m1/s1. The predicted octanol–water partition coefficient (Wildman–Crippen LogP) is 3.13. The van der Waals surface area contributed by atoms with E-state index in [4.69, 9.17) is 9.47 Å². The summed E-state index contributed by atoms with van der Waals surface area (Å²) in [5.74, 6) is 0.474. The summed E-state index contributed by atoms with van der Waals surface area (Å²) in [6, 6.07) is 14.5. The molecule has 1 fully saturated rings. The van der Waals surface area contributed by atoms with Crippen molar-refractivity contribution in [3.05, 3.63) is 59.7 Å². The largest absolute Gasteiger partial charge is 0.491 e. The van der Waals surface area contributed by atoms with Gasteiger partial charge in [0.25, 0.3) is 5.91 Å². The minimum atomic E-state index is -0.147. The van der Waals surface area contributed by atoms with Gasteiger partial charge in [-0.2, -0.15) is 0 Å². The van der Waals surface area contributed by atoms with E-state index in [9.17, 15) is 9.59 Å². The van der Waals surface area contributed by atoms with Crippen LogP contribution in [0.2, 0.25) is 0 Å². The van der Waals surface area contributed by atoms with Gasteiger partial charge in [0, 0.05) is 31.3 Å². The summed E-state index contributed by atoms with van der Waals surface area (Å²) < 4.78 is 11.2. The van der Waals surface area contributed by atoms with Crippen molar-refractivity contribution in [2.24, 2.45) is 0 Å². The zero-order valence-corrected chi connectivity index (χ0v) is 15.4. The molecule has 2 amide bonds. The van der Waals surface area contributed by atoms with Gasteiger partial charge < -0.3 is 20.1 Å². The molecule has 0 unspecified atom stereocenters. The second-order valence-corrected chi connectivity index (χ2v) is 6.53. The fourth-order valence-electron chi connectivity index (χ4n) is 2.86. The summed E-state index contributed by atoms with van der Waals surface area (Å²) >= 11 is 0. The van der Waals surface area contributed by atoms with Crippen molar-refractivity contribution in [3.8, 4) is 5.75 Å². The van der Waals surface area contributed by atoms with Crippen LogP contribution in [-0.2, 0) is 16.1 Å². The van der Waals surface area contributed by atoms with E-state index in [-0.39, 0.29) is 17.9 Å². The fourth-order valence-corrected chi connectivity index (χ4v) is 2.86. The number of rotatable bonds is 7. The number of carbonyl (C=O) groups is 2. The zero-order valence-electron chi connectivity index (χ0n) is 15.4. The van der Waals surface area contributed by atoms with Crippen LogP contribution in [0.25, 0.3) is 0 Å². The van der Waals surface area contributed by atoms with E-state index in [0.717, 1.165) is 36.4 Å². The van der Waals surface area contributed by atoms with E-state index in [1.807, 2.05) is 24.3 Å². The molecule has 0 bridgehead atoms. The Labute approximate surface area is 158 Å². The molecule has 1 saturated heterocycles. The second-order valence-electron chi connectivity index (χ2n) is 6.53. The number of hydrogen-bond donors (Lipinski definition) is 2. The average molecular weight is 368 g/mol. The van der Waals surface area contributed by atoms with Crippen LogP contribution in [0.1, 0.15) is 35.7 Å². The van der Waals surface area contributed by atoms with E-state index in [2.05, 4.69) is 10.6 Å². The fraction of sp³-hybridized carbons (Fsp3) is 0.333. The smallest absolute Gasteiger partial charge is 0.251 e. The molecule has 2 aromatic carbocycles. The number of carbonyl (C=O) groups excluding carboxylic acids is 2. The van der Waals surface area contributed by atoms with Crippen molar-refractivity contribution < 1.29 is 19.1 Å². The SMILES string of the molecule is CC(=O)Nc1ccc(CNC(=O)c2ccc(OC[C@H]3CCCO3)cc2)cc1. The summed E-state index contributed by atoms with van der Waals surface area (Å²) in [6.45, 7) is 3.23. The molecule has 2 aromatic rings. The van der Waals surface area contributed by atoms with Gasteiger partial charge in [0.05, 0.1) is 6.10 Å². The van der Waals surface area contributed by atoms with Crippen LogP contribution in [0.15, 0.2) is 48.5 Å². The van der Waals surface area contributed by atoms with Crippen molar-refractivity contribution in [2.75, 3.05) is 18.5 Å². The Morgan fingerprint density at radius 3 is 2.48 bits per heavy atom. The number of hydrogen-bond acceptors (Lipinski definition) is 4. The summed E-state index contributed by atoms with van der Waals surface area (Å²) in [6.07, 6.45) is 2.29. The first-order valence-electron chi connectivity index (χ1n) is 9.09. The van der Waals surface area contributed by atoms with E-state index in [0.29, 0.717) is 18.7 Å². The number of ether oxygens (including phenoxy) is 2. The zero-order chi connectivity index (χ0) is 19.1. The molecular weight excluding hydrogens is 344 g/mol. The molecule has 1 aliphatic rings. The maximum atomic E-state index is 12.3. The van der Waals surface area contributed by atoms with Crippen molar-refractivity contribution in [1.29, 1.82) is 0 Å². The number of benzene rings is 2. The summed E-state index contributed by atoms with van der Waals surface area (Å²) in [4.78, 5) is 23.3. The Morgan fingerprint density at radius 2 is 1.85 bits per heavy atom. The molecule has 1 heterocycles. The highest BCUT2D eigenvalue weighted by molar-refractivity contribution is 5.94. The first kappa shape index (κ1) is 18.9. The highest BCUT2D eigenvalue weighted by atomic mass is 16.5. The molecule has 0 aromatic heterocycles. The maximum Gasteiger partial charge on any atom is 0.251 e. The summed E-state index contributed by atoms with van der Waals surface area (Å²) in [5, 5.41) is 5.59. The van der Waals surface area contributed by atoms with Gasteiger partial charge in [-0.05, 0) is 54.8 Å². The Bertz CT molecular complexity index is 766. The molecule has 0 aliphatic carbocycles. The van der Waals surface area contributed by atoms with Gasteiger partial charge in [0.2, 0.25) is 5.91 Å². The van der Waals surface area contributed by atoms with Crippen LogP contribution in [0.5, 0.6) is 5.75 Å². The third-order valence-electron chi connectivity index (χ3n) is 4.30. The highest BCUT2D eigenvalue weighted by Gasteiger charge is 2.16. The van der Waals surface area contributed by atoms with Crippen molar-refractivity contribution in [1.82, 2.24) is 5.32 Å². The van der Waals surface area contributed by atoms with Crippen LogP contribution >= 0.6 is 0 Å². The maximum absolute atomic E-state index is 12.3. The summed E-state index contributed by atoms with van der Waals surface area (Å²) in [5.41, 5.74) is 2.26. The molecule has 0 saturated carbocycles. The molecule has 3 rings (SSSR count). The Morgan fingerprint density at radius 1 is 1.11 bits per heavy atom. The van der Waals surface area contributed by atoms with Crippen LogP contribution in [0.3, 0.4) is 0 Å². The van der Waals surface area contributed by atoms with Gasteiger partial charge in [-0.3, -0.25) is 9.59 Å². The van der Waals surface area contributed by atoms with Crippen molar-refractivity contribution in [2.45, 2.75) is 32.4 Å². The molecule has 142 valence electrons. The van der Waals surface area contributed by atoms with Crippen LogP contribution in [0.4, 0.5) is 5.69 Å². The van der Waals surface area contributed by atoms with Crippen molar-refractivity contribution in [3.63, 3.8) is 0 Å². The van der Waals surface area contributed by atoms with E-state index in [1.165, 1.54) is 6.92 Å². The second kappa shape index (κ2) is 9.19. The molecule has 0 radical (unpaired) electrons. The van der Waals surface area contributed by atoms with Crippen LogP contribution in [-0.4, -0.2) is 31.1 Å². The lowest BCUT2D eigenvalue weighted by Gasteiger charge is -2.12. The average Bonchev–Trinajstić information content (AvgIpc) is 3.19. The first-order chi connectivity index (χ1) is 13.1. The molecule has 27 heavy (non-hydrogen) atoms. The van der Waals surface area contributed by atoms with Gasteiger partial charge in [-0.1, -0.05) is 12.1 Å². The minimum Gasteiger partial charge on any atom is -0.491 e. The van der Waals surface area contributed by atoms with Gasteiger partial charge in [0.1, 0.15) is 12.4 Å². The van der Waals surface area contributed by atoms with Gasteiger partial charge in [0.15, 0.2) is 0 Å². The predicted molar refractivity (Wildman–Crippen MR) is 103 cm³/mol. The van der Waals surface area contributed by atoms with Crippen LogP contribution in [0, 0.1) is 0 Å². The summed E-state index contributed by atoms with van der Waals surface area (Å²) in [7, 11) is 0. The molecule has 1 atom stereocenters. The Kier molecular flexibility index (Phi) is 6.44. The van der Waals surface area contributed by atoms with Gasteiger partial charge in [-0.25, -0.2) is 0 Å². The third-order valence-corrected chi connectivity index (χ3v) is 4.30. The lowest BCUT2D eigenvalue weighted by molar-refractivity contribution is -0.114. The lowest BCUT2D eigenvalue weighted by atomic mass is 10.1. The highest BCUT2D eigenvalue weighted by Crippen LogP contribution is 2.17. The lowest BCUT2D eigenvalue weighted by Crippen LogP contribution is -2.22. The Balaban J connectivity index is 1.46. The molecule has 6 heteroatoms. The molecule has 1 aliphatic heterocycles. The molecular formula is C21H24N2O4. The van der Waals surface area contributed by atoms with Crippen molar-refractivity contribution >= 4 is 17.5 Å². The monoisotopic (exact) mass is 368 g/mol. The normalized spacial score (nSPS) is 16.0. The van der Waals surface area contributed by atoms with E-state index < -0.39 is 0 Å². The molecule has 6 nitrogen and oxygen atoms in total. The van der Waals surface area contributed by atoms with Gasteiger partial charge in [-0.15, -0.1) is 0 Å². The Hall–Kier alpha value is -2.86. The molecule has 0 spiro atoms. The van der Waals surface area contributed by atoms with E-state index >= 15 is 0 Å². The number of nitrogens with one attached hydrogen (secondary N) is 2. The van der Waals surface area contributed by atoms with Crippen LogP contribution < -0.4 is 15.4 Å². The first-order valence-corrected chi connectivity index (χ1v) is 9.09. The van der Waals surface area contributed by atoms with Gasteiger partial charge >= 0.3 is 0 Å². The topological polar surface area (TPSA) is 76.7 Å². The number of anilines is 1. The minimum absolute atomic E-state index is 0.112. The van der Waals surface area contributed by atoms with E-state index in [1.54, 1.807) is 24.3 Å². The number of amides is 2. The quantitative estimate of drug-likeness (QED) is 0.787. The third kappa shape index (κ3) is 5.82.